The molecule has 0 bridgehead atoms. The van der Waals surface area contributed by atoms with Gasteiger partial charge in [0, 0.05) is 7.11 Å². The van der Waals surface area contributed by atoms with Crippen molar-refractivity contribution in [2.24, 2.45) is 0 Å². The van der Waals surface area contributed by atoms with E-state index in [9.17, 15) is 9.18 Å². The lowest BCUT2D eigenvalue weighted by molar-refractivity contribution is -0.112. The van der Waals surface area contributed by atoms with Crippen molar-refractivity contribution in [1.29, 1.82) is 0 Å². The number of ether oxygens (including phenoxy) is 3. The number of rotatable bonds is 5. The smallest absolute Gasteiger partial charge is 0.338 e. The molecule has 1 aliphatic carbocycles. The van der Waals surface area contributed by atoms with E-state index in [0.29, 0.717) is 5.56 Å². The van der Waals surface area contributed by atoms with Gasteiger partial charge in [-0.25, -0.2) is 9.18 Å². The van der Waals surface area contributed by atoms with E-state index in [4.69, 9.17) is 22.1 Å². The number of hydrogen-bond donors (Lipinski definition) is 0. The van der Waals surface area contributed by atoms with Crippen LogP contribution in [-0.4, -0.2) is 46.1 Å². The summed E-state index contributed by atoms with van der Waals surface area (Å²) in [5.41, 5.74) is 0.366. The molecule has 4 atom stereocenters. The highest BCUT2D eigenvalue weighted by Crippen LogP contribution is 2.35. The van der Waals surface area contributed by atoms with Gasteiger partial charge in [0.15, 0.2) is 6.10 Å². The number of halogens is 1. The summed E-state index contributed by atoms with van der Waals surface area (Å²) in [4.78, 5) is 12.0. The lowest BCUT2D eigenvalue weighted by Crippen LogP contribution is -2.35. The van der Waals surface area contributed by atoms with Gasteiger partial charge in [-0.05, 0) is 24.4 Å². The van der Waals surface area contributed by atoms with Gasteiger partial charge in [0.2, 0.25) is 0 Å². The molecule has 106 valence electrons. The maximum Gasteiger partial charge on any atom is 0.338 e. The number of hydrogen-bond acceptors (Lipinski definition) is 4. The first-order chi connectivity index (χ1) is 9.63. The van der Waals surface area contributed by atoms with Crippen LogP contribution < -0.4 is 0 Å². The van der Waals surface area contributed by atoms with Crippen LogP contribution in [0.1, 0.15) is 16.8 Å². The lowest BCUT2D eigenvalue weighted by atomic mass is 9.85. The zero-order valence-electron chi connectivity index (χ0n) is 11.2. The van der Waals surface area contributed by atoms with Crippen LogP contribution in [0.3, 0.4) is 0 Å². The Hall–Kier alpha value is -1.40. The minimum Gasteiger partial charge on any atom is -0.453 e. The Kier molecular flexibility index (Phi) is 5.14. The molecule has 0 saturated heterocycles. The zero-order chi connectivity index (χ0) is 14.5. The van der Waals surface area contributed by atoms with E-state index >= 15 is 0 Å². The lowest BCUT2D eigenvalue weighted by Gasteiger charge is -2.21. The van der Waals surface area contributed by atoms with Gasteiger partial charge in [-0.3, -0.25) is 0 Å². The Morgan fingerprint density at radius 2 is 2.10 bits per heavy atom. The number of carbonyl (C=O) groups is 1. The summed E-state index contributed by atoms with van der Waals surface area (Å²) in [6.45, 7) is 0.00347. The molecule has 6 heteroatoms. The molecular formula is C14H16BFO4. The van der Waals surface area contributed by atoms with Gasteiger partial charge in [-0.2, -0.15) is 0 Å². The molecular weight excluding hydrogens is 262 g/mol. The van der Waals surface area contributed by atoms with E-state index in [1.807, 2.05) is 0 Å². The third-order valence-corrected chi connectivity index (χ3v) is 3.25. The molecule has 1 saturated carbocycles. The molecule has 2 rings (SSSR count). The van der Waals surface area contributed by atoms with E-state index in [-0.39, 0.29) is 13.2 Å². The molecule has 2 radical (unpaired) electrons. The predicted octanol–water partition coefficient (Wildman–Crippen LogP) is 1.90. The second-order valence-electron chi connectivity index (χ2n) is 4.69. The fourth-order valence-corrected chi connectivity index (χ4v) is 2.21. The maximum absolute atomic E-state index is 14.0. The first kappa shape index (κ1) is 15.0. The average molecular weight is 278 g/mol. The summed E-state index contributed by atoms with van der Waals surface area (Å²) in [6.07, 6.45) is -2.75. The van der Waals surface area contributed by atoms with Crippen LogP contribution in [0.5, 0.6) is 0 Å². The monoisotopic (exact) mass is 278 g/mol. The summed E-state index contributed by atoms with van der Waals surface area (Å²) in [6, 6.07) is 8.42. The van der Waals surface area contributed by atoms with E-state index in [2.05, 4.69) is 0 Å². The summed E-state index contributed by atoms with van der Waals surface area (Å²) < 4.78 is 29.3. The SMILES string of the molecule is [B]C1CC(OCOC)C(OC(=O)c2ccccc2)C1F. The molecule has 20 heavy (non-hydrogen) atoms. The van der Waals surface area contributed by atoms with Gasteiger partial charge < -0.3 is 14.2 Å². The molecule has 0 aliphatic heterocycles. The van der Waals surface area contributed by atoms with Crippen LogP contribution in [0.2, 0.25) is 5.82 Å². The normalized spacial score (nSPS) is 29.3. The predicted molar refractivity (Wildman–Crippen MR) is 71.4 cm³/mol. The van der Waals surface area contributed by atoms with Crippen molar-refractivity contribution in [2.45, 2.75) is 30.6 Å². The van der Waals surface area contributed by atoms with E-state index < -0.39 is 30.2 Å². The number of carbonyl (C=O) groups excluding carboxylic acids is 1. The quantitative estimate of drug-likeness (QED) is 0.469. The van der Waals surface area contributed by atoms with Crippen molar-refractivity contribution in [3.63, 3.8) is 0 Å². The topological polar surface area (TPSA) is 44.8 Å². The Labute approximate surface area is 118 Å². The van der Waals surface area contributed by atoms with Crippen molar-refractivity contribution in [1.82, 2.24) is 0 Å². The summed E-state index contributed by atoms with van der Waals surface area (Å²) in [5, 5.41) is 0. The van der Waals surface area contributed by atoms with Crippen molar-refractivity contribution >= 4 is 13.8 Å². The summed E-state index contributed by atoms with van der Waals surface area (Å²) in [5.74, 6) is -1.29. The number of benzene rings is 1. The molecule has 0 N–H and O–H groups in total. The standard InChI is InChI=1S/C14H16BFO4/c1-18-8-19-11-7-10(15)12(16)13(11)20-14(17)9-5-3-2-4-6-9/h2-6,10-13H,7-8H2,1H3. The fraction of sp³-hybridized carbons (Fsp3) is 0.500. The maximum atomic E-state index is 14.0. The van der Waals surface area contributed by atoms with Crippen LogP contribution in [0.25, 0.3) is 0 Å². The van der Waals surface area contributed by atoms with Crippen LogP contribution in [0.15, 0.2) is 30.3 Å². The summed E-state index contributed by atoms with van der Waals surface area (Å²) >= 11 is 0. The largest absolute Gasteiger partial charge is 0.453 e. The van der Waals surface area contributed by atoms with Gasteiger partial charge in [0.05, 0.1) is 19.5 Å². The zero-order valence-corrected chi connectivity index (χ0v) is 11.2. The summed E-state index contributed by atoms with van der Waals surface area (Å²) in [7, 11) is 7.12. The fourth-order valence-electron chi connectivity index (χ4n) is 2.21. The van der Waals surface area contributed by atoms with Gasteiger partial charge in [-0.1, -0.05) is 18.2 Å². The van der Waals surface area contributed by atoms with Crippen molar-refractivity contribution in [2.75, 3.05) is 13.9 Å². The van der Waals surface area contributed by atoms with E-state index in [1.165, 1.54) is 7.11 Å². The first-order valence-corrected chi connectivity index (χ1v) is 6.39. The highest BCUT2D eigenvalue weighted by atomic mass is 19.1. The van der Waals surface area contributed by atoms with Crippen LogP contribution in [0, 0.1) is 0 Å². The Bertz CT molecular complexity index is 442. The van der Waals surface area contributed by atoms with Crippen LogP contribution in [-0.2, 0) is 14.2 Å². The first-order valence-electron chi connectivity index (χ1n) is 6.39. The molecule has 0 heterocycles. The van der Waals surface area contributed by atoms with Gasteiger partial charge >= 0.3 is 5.97 Å². The van der Waals surface area contributed by atoms with E-state index in [0.717, 1.165) is 0 Å². The Morgan fingerprint density at radius 1 is 1.40 bits per heavy atom. The molecule has 0 spiro atoms. The molecule has 4 unspecified atom stereocenters. The molecule has 1 fully saturated rings. The molecule has 1 aromatic carbocycles. The molecule has 4 nitrogen and oxygen atoms in total. The molecule has 0 amide bonds. The Morgan fingerprint density at radius 3 is 2.75 bits per heavy atom. The van der Waals surface area contributed by atoms with E-state index in [1.54, 1.807) is 30.3 Å². The average Bonchev–Trinajstić information content (AvgIpc) is 2.73. The number of methoxy groups -OCH3 is 1. The highest BCUT2D eigenvalue weighted by molar-refractivity contribution is 6.12. The third kappa shape index (κ3) is 3.38. The van der Waals surface area contributed by atoms with Crippen molar-refractivity contribution in [3.05, 3.63) is 35.9 Å². The second kappa shape index (κ2) is 6.86. The van der Waals surface area contributed by atoms with Gasteiger partial charge in [0.25, 0.3) is 0 Å². The van der Waals surface area contributed by atoms with Crippen LogP contribution >= 0.6 is 0 Å². The number of esters is 1. The molecule has 1 aliphatic rings. The minimum absolute atomic E-state index is 0.00347. The van der Waals surface area contributed by atoms with Crippen LogP contribution in [0.4, 0.5) is 4.39 Å². The molecule has 0 aromatic heterocycles. The highest BCUT2D eigenvalue weighted by Gasteiger charge is 2.44. The minimum atomic E-state index is -1.44. The van der Waals surface area contributed by atoms with Gasteiger partial charge in [-0.15, -0.1) is 0 Å². The molecule has 1 aromatic rings. The Balaban J connectivity index is 2.03. The van der Waals surface area contributed by atoms with Crippen molar-refractivity contribution < 1.29 is 23.4 Å². The van der Waals surface area contributed by atoms with Crippen molar-refractivity contribution in [3.8, 4) is 0 Å². The van der Waals surface area contributed by atoms with Gasteiger partial charge in [0.1, 0.15) is 13.0 Å². The number of alkyl halides is 1. The third-order valence-electron chi connectivity index (χ3n) is 3.25. The second-order valence-corrected chi connectivity index (χ2v) is 4.69.